The Hall–Kier alpha value is -0.530. The molecule has 2 aliphatic rings. The third-order valence-corrected chi connectivity index (χ3v) is 3.94. The summed E-state index contributed by atoms with van der Waals surface area (Å²) in [6.07, 6.45) is 3.65. The van der Waals surface area contributed by atoms with Gasteiger partial charge < -0.3 is 5.11 Å². The van der Waals surface area contributed by atoms with Crippen LogP contribution in [-0.2, 0) is 4.79 Å². The van der Waals surface area contributed by atoms with E-state index in [1.54, 1.807) is 0 Å². The van der Waals surface area contributed by atoms with Gasteiger partial charge in [-0.15, -0.1) is 0 Å². The maximum atomic E-state index is 10.9. The minimum atomic E-state index is -0.553. The Morgan fingerprint density at radius 2 is 2.08 bits per heavy atom. The molecule has 4 atom stereocenters. The molecular formula is C11H18O2. The SMILES string of the molecule is CC(C)C1CCCC2C(C(=O)O)C12. The van der Waals surface area contributed by atoms with Gasteiger partial charge in [0.05, 0.1) is 5.92 Å². The predicted molar refractivity (Wildman–Crippen MR) is 50.3 cm³/mol. The molecular weight excluding hydrogens is 164 g/mol. The van der Waals surface area contributed by atoms with Crippen LogP contribution in [-0.4, -0.2) is 11.1 Å². The number of aliphatic carboxylic acids is 1. The van der Waals surface area contributed by atoms with Crippen molar-refractivity contribution >= 4 is 5.97 Å². The Bertz CT molecular complexity index is 222. The number of carbonyl (C=O) groups is 1. The molecule has 0 spiro atoms. The summed E-state index contributed by atoms with van der Waals surface area (Å²) in [6.45, 7) is 4.45. The fraction of sp³-hybridized carbons (Fsp3) is 0.909. The summed E-state index contributed by atoms with van der Waals surface area (Å²) in [5.41, 5.74) is 0. The summed E-state index contributed by atoms with van der Waals surface area (Å²) in [5.74, 6) is 1.85. The van der Waals surface area contributed by atoms with Gasteiger partial charge in [-0.3, -0.25) is 4.79 Å². The third-order valence-electron chi connectivity index (χ3n) is 3.94. The molecule has 74 valence electrons. The van der Waals surface area contributed by atoms with Gasteiger partial charge in [0, 0.05) is 0 Å². The van der Waals surface area contributed by atoms with E-state index in [4.69, 9.17) is 5.11 Å². The summed E-state index contributed by atoms with van der Waals surface area (Å²) in [4.78, 5) is 10.9. The largest absolute Gasteiger partial charge is 0.481 e. The van der Waals surface area contributed by atoms with E-state index in [1.165, 1.54) is 12.8 Å². The number of hydrogen-bond donors (Lipinski definition) is 1. The topological polar surface area (TPSA) is 37.3 Å². The van der Waals surface area contributed by atoms with Crippen LogP contribution in [0, 0.1) is 29.6 Å². The van der Waals surface area contributed by atoms with Crippen LogP contribution >= 0.6 is 0 Å². The Kier molecular flexibility index (Phi) is 2.09. The normalized spacial score (nSPS) is 43.0. The fourth-order valence-corrected chi connectivity index (χ4v) is 3.26. The van der Waals surface area contributed by atoms with E-state index in [0.717, 1.165) is 6.42 Å². The smallest absolute Gasteiger partial charge is 0.307 e. The van der Waals surface area contributed by atoms with Gasteiger partial charge in [-0.1, -0.05) is 20.3 Å². The van der Waals surface area contributed by atoms with E-state index in [9.17, 15) is 4.79 Å². The molecule has 1 N–H and O–H groups in total. The van der Waals surface area contributed by atoms with Gasteiger partial charge in [0.2, 0.25) is 0 Å². The van der Waals surface area contributed by atoms with Crippen molar-refractivity contribution < 1.29 is 9.90 Å². The van der Waals surface area contributed by atoms with Crippen LogP contribution in [0.3, 0.4) is 0 Å². The van der Waals surface area contributed by atoms with Crippen molar-refractivity contribution in [2.24, 2.45) is 29.6 Å². The Labute approximate surface area is 79.3 Å². The lowest BCUT2D eigenvalue weighted by Crippen LogP contribution is -2.16. The molecule has 0 aromatic heterocycles. The van der Waals surface area contributed by atoms with Crippen molar-refractivity contribution in [3.63, 3.8) is 0 Å². The van der Waals surface area contributed by atoms with Crippen molar-refractivity contribution in [1.29, 1.82) is 0 Å². The molecule has 0 bridgehead atoms. The second kappa shape index (κ2) is 3.00. The minimum Gasteiger partial charge on any atom is -0.481 e. The molecule has 2 nitrogen and oxygen atoms in total. The first-order chi connectivity index (χ1) is 6.13. The summed E-state index contributed by atoms with van der Waals surface area (Å²) < 4.78 is 0. The quantitative estimate of drug-likeness (QED) is 0.712. The second-order valence-electron chi connectivity index (χ2n) is 4.94. The molecule has 0 saturated heterocycles. The van der Waals surface area contributed by atoms with Crippen LogP contribution in [0.4, 0.5) is 0 Å². The molecule has 4 unspecified atom stereocenters. The van der Waals surface area contributed by atoms with Gasteiger partial charge in [-0.05, 0) is 36.5 Å². The molecule has 2 fully saturated rings. The standard InChI is InChI=1S/C11H18O2/c1-6(2)7-4-3-5-8-9(7)10(8)11(12)13/h6-10H,3-5H2,1-2H3,(H,12,13). The van der Waals surface area contributed by atoms with Gasteiger partial charge >= 0.3 is 5.97 Å². The first-order valence-corrected chi connectivity index (χ1v) is 5.35. The maximum Gasteiger partial charge on any atom is 0.307 e. The van der Waals surface area contributed by atoms with Gasteiger partial charge in [-0.25, -0.2) is 0 Å². The van der Waals surface area contributed by atoms with Crippen molar-refractivity contribution in [2.75, 3.05) is 0 Å². The van der Waals surface area contributed by atoms with Crippen LogP contribution in [0.2, 0.25) is 0 Å². The van der Waals surface area contributed by atoms with Gasteiger partial charge in [0.15, 0.2) is 0 Å². The summed E-state index contributed by atoms with van der Waals surface area (Å²) in [5, 5.41) is 8.98. The molecule has 2 aliphatic carbocycles. The Morgan fingerprint density at radius 1 is 1.38 bits per heavy atom. The van der Waals surface area contributed by atoms with Crippen LogP contribution in [0.25, 0.3) is 0 Å². The molecule has 0 heterocycles. The monoisotopic (exact) mass is 182 g/mol. The van der Waals surface area contributed by atoms with Crippen LogP contribution < -0.4 is 0 Å². The molecule has 2 rings (SSSR count). The zero-order chi connectivity index (χ0) is 9.59. The summed E-state index contributed by atoms with van der Waals surface area (Å²) in [7, 11) is 0. The average Bonchev–Trinajstić information content (AvgIpc) is 2.76. The maximum absolute atomic E-state index is 10.9. The van der Waals surface area contributed by atoms with Crippen molar-refractivity contribution in [1.82, 2.24) is 0 Å². The highest BCUT2D eigenvalue weighted by atomic mass is 16.4. The van der Waals surface area contributed by atoms with Crippen molar-refractivity contribution in [3.05, 3.63) is 0 Å². The van der Waals surface area contributed by atoms with Gasteiger partial charge in [0.1, 0.15) is 0 Å². The highest BCUT2D eigenvalue weighted by Gasteiger charge is 2.59. The first kappa shape index (κ1) is 9.04. The van der Waals surface area contributed by atoms with Crippen LogP contribution in [0.15, 0.2) is 0 Å². The highest BCUT2D eigenvalue weighted by Crippen LogP contribution is 2.59. The van der Waals surface area contributed by atoms with E-state index in [-0.39, 0.29) is 5.92 Å². The van der Waals surface area contributed by atoms with E-state index in [2.05, 4.69) is 13.8 Å². The number of carboxylic acids is 1. The van der Waals surface area contributed by atoms with Gasteiger partial charge in [-0.2, -0.15) is 0 Å². The van der Waals surface area contributed by atoms with Crippen molar-refractivity contribution in [2.45, 2.75) is 33.1 Å². The lowest BCUT2D eigenvalue weighted by Gasteiger charge is -2.24. The fourth-order valence-electron chi connectivity index (χ4n) is 3.26. The summed E-state index contributed by atoms with van der Waals surface area (Å²) >= 11 is 0. The number of rotatable bonds is 2. The van der Waals surface area contributed by atoms with E-state index in [1.807, 2.05) is 0 Å². The minimum absolute atomic E-state index is 0.00917. The van der Waals surface area contributed by atoms with Gasteiger partial charge in [0.25, 0.3) is 0 Å². The molecule has 2 heteroatoms. The highest BCUT2D eigenvalue weighted by molar-refractivity contribution is 5.74. The first-order valence-electron chi connectivity index (χ1n) is 5.35. The Balaban J connectivity index is 2.06. The van der Waals surface area contributed by atoms with Crippen molar-refractivity contribution in [3.8, 4) is 0 Å². The molecule has 0 aromatic carbocycles. The Morgan fingerprint density at radius 3 is 2.62 bits per heavy atom. The number of fused-ring (bicyclic) bond motifs is 1. The van der Waals surface area contributed by atoms with Crippen LogP contribution in [0.5, 0.6) is 0 Å². The molecule has 13 heavy (non-hydrogen) atoms. The predicted octanol–water partition coefficient (Wildman–Crippen LogP) is 2.39. The molecule has 0 aromatic rings. The molecule has 0 radical (unpaired) electrons. The zero-order valence-electron chi connectivity index (χ0n) is 8.36. The third kappa shape index (κ3) is 1.36. The number of carboxylic acid groups (broad SMARTS) is 1. The number of hydrogen-bond acceptors (Lipinski definition) is 1. The second-order valence-corrected chi connectivity index (χ2v) is 4.94. The van der Waals surface area contributed by atoms with E-state index in [0.29, 0.717) is 23.7 Å². The van der Waals surface area contributed by atoms with E-state index < -0.39 is 5.97 Å². The molecule has 2 saturated carbocycles. The lowest BCUT2D eigenvalue weighted by atomic mass is 9.81. The zero-order valence-corrected chi connectivity index (χ0v) is 8.36. The lowest BCUT2D eigenvalue weighted by molar-refractivity contribution is -0.139. The van der Waals surface area contributed by atoms with Crippen LogP contribution in [0.1, 0.15) is 33.1 Å². The molecule has 0 aliphatic heterocycles. The van der Waals surface area contributed by atoms with E-state index >= 15 is 0 Å². The average molecular weight is 182 g/mol. The summed E-state index contributed by atoms with van der Waals surface area (Å²) in [6, 6.07) is 0. The molecule has 0 amide bonds.